The smallest absolute Gasteiger partial charge is 0.226 e. The molecule has 2 aromatic heterocycles. The highest BCUT2D eigenvalue weighted by molar-refractivity contribution is 6.28. The minimum Gasteiger partial charge on any atom is -0.376 e. The van der Waals surface area contributed by atoms with Crippen LogP contribution >= 0.6 is 11.6 Å². The summed E-state index contributed by atoms with van der Waals surface area (Å²) in [5.74, 6) is 0.271. The second-order valence-corrected chi connectivity index (χ2v) is 11.0. The van der Waals surface area contributed by atoms with Crippen LogP contribution in [0.3, 0.4) is 0 Å². The van der Waals surface area contributed by atoms with E-state index in [4.69, 9.17) is 21.3 Å². The molecule has 0 radical (unpaired) electrons. The SMILES string of the molecule is C[C@@H]1CN(c2nc(Cl)nc3c2ccn3C[C@@H]2CCCO2)[C@@H](C)CN1C(c1ccc(F)cc1)c1ccc(F)cc1. The maximum absolute atomic E-state index is 13.8. The molecule has 0 bridgehead atoms. The number of nitrogens with zero attached hydrogens (tertiary/aromatic N) is 5. The lowest BCUT2D eigenvalue weighted by Crippen LogP contribution is -2.57. The molecule has 2 saturated heterocycles. The van der Waals surface area contributed by atoms with Crippen LogP contribution < -0.4 is 4.90 Å². The molecule has 9 heteroatoms. The van der Waals surface area contributed by atoms with Gasteiger partial charge in [-0.1, -0.05) is 24.3 Å². The number of hydrogen-bond acceptors (Lipinski definition) is 5. The van der Waals surface area contributed by atoms with Crippen molar-refractivity contribution in [1.29, 1.82) is 0 Å². The maximum Gasteiger partial charge on any atom is 0.226 e. The topological polar surface area (TPSA) is 46.4 Å². The minimum atomic E-state index is -0.279. The van der Waals surface area contributed by atoms with Crippen molar-refractivity contribution in [2.24, 2.45) is 0 Å². The predicted octanol–water partition coefficient (Wildman–Crippen LogP) is 6.23. The summed E-state index contributed by atoms with van der Waals surface area (Å²) in [7, 11) is 0. The zero-order chi connectivity index (χ0) is 27.1. The number of fused-ring (bicyclic) bond motifs is 1. The Bertz CT molecular complexity index is 1390. The normalized spacial score (nSPS) is 22.3. The molecule has 0 N–H and O–H groups in total. The Kier molecular flexibility index (Phi) is 7.27. The molecule has 3 atom stereocenters. The van der Waals surface area contributed by atoms with Crippen molar-refractivity contribution >= 4 is 28.5 Å². The van der Waals surface area contributed by atoms with E-state index in [0.29, 0.717) is 6.54 Å². The molecule has 0 aliphatic carbocycles. The van der Waals surface area contributed by atoms with Crippen LogP contribution in [0.4, 0.5) is 14.6 Å². The van der Waals surface area contributed by atoms with E-state index in [2.05, 4.69) is 39.3 Å². The van der Waals surface area contributed by atoms with Crippen LogP contribution in [0.1, 0.15) is 43.9 Å². The van der Waals surface area contributed by atoms with E-state index < -0.39 is 0 Å². The second kappa shape index (κ2) is 10.8. The minimum absolute atomic E-state index is 0.0975. The monoisotopic (exact) mass is 551 g/mol. The van der Waals surface area contributed by atoms with Crippen molar-refractivity contribution in [2.45, 2.75) is 57.5 Å². The number of benzene rings is 2. The number of ether oxygens (including phenoxy) is 1. The van der Waals surface area contributed by atoms with Gasteiger partial charge in [0.25, 0.3) is 0 Å². The van der Waals surface area contributed by atoms with Crippen LogP contribution in [-0.2, 0) is 11.3 Å². The van der Waals surface area contributed by atoms with Crippen LogP contribution in [-0.4, -0.2) is 57.3 Å². The first-order chi connectivity index (χ1) is 18.9. The fraction of sp³-hybridized carbons (Fsp3) is 0.400. The van der Waals surface area contributed by atoms with Crippen molar-refractivity contribution in [3.63, 3.8) is 0 Å². The van der Waals surface area contributed by atoms with Crippen LogP contribution in [0.5, 0.6) is 0 Å². The largest absolute Gasteiger partial charge is 0.376 e. The molecular weight excluding hydrogens is 520 g/mol. The number of aromatic nitrogens is 3. The zero-order valence-corrected chi connectivity index (χ0v) is 22.9. The average molecular weight is 552 g/mol. The quantitative estimate of drug-likeness (QED) is 0.266. The molecule has 204 valence electrons. The Labute approximate surface area is 232 Å². The molecular formula is C30H32ClF2N5O. The van der Waals surface area contributed by atoms with Crippen molar-refractivity contribution in [2.75, 3.05) is 24.6 Å². The van der Waals surface area contributed by atoms with Crippen molar-refractivity contribution in [3.05, 3.63) is 88.8 Å². The van der Waals surface area contributed by atoms with Gasteiger partial charge >= 0.3 is 0 Å². The highest BCUT2D eigenvalue weighted by atomic mass is 35.5. The molecule has 2 aromatic carbocycles. The van der Waals surface area contributed by atoms with E-state index in [9.17, 15) is 8.78 Å². The van der Waals surface area contributed by atoms with Gasteiger partial charge in [-0.25, -0.2) is 8.78 Å². The van der Waals surface area contributed by atoms with Gasteiger partial charge < -0.3 is 14.2 Å². The van der Waals surface area contributed by atoms with Crippen molar-refractivity contribution in [3.8, 4) is 0 Å². The number of anilines is 1. The third-order valence-corrected chi connectivity index (χ3v) is 8.17. The first-order valence-corrected chi connectivity index (χ1v) is 13.9. The molecule has 0 saturated carbocycles. The lowest BCUT2D eigenvalue weighted by molar-refractivity contribution is 0.0979. The van der Waals surface area contributed by atoms with Crippen LogP contribution in [0.2, 0.25) is 5.28 Å². The summed E-state index contributed by atoms with van der Waals surface area (Å²) in [6.07, 6.45) is 4.37. The fourth-order valence-corrected chi connectivity index (χ4v) is 6.23. The van der Waals surface area contributed by atoms with E-state index in [-0.39, 0.29) is 41.1 Å². The molecule has 4 aromatic rings. The number of rotatable bonds is 6. The molecule has 0 unspecified atom stereocenters. The molecule has 0 spiro atoms. The summed E-state index contributed by atoms with van der Waals surface area (Å²) in [5.41, 5.74) is 2.75. The van der Waals surface area contributed by atoms with Gasteiger partial charge in [0, 0.05) is 38.0 Å². The standard InChI is InChI=1S/C30H32ClF2N5O/c1-19-17-38(29-26-13-14-36(18-25-4-3-15-39-25)28(26)34-30(31)35-29)20(2)16-37(19)27(21-5-9-23(32)10-6-21)22-7-11-24(33)12-8-22/h5-14,19-20,25,27H,3-4,15-18H2,1-2H3/t19-,20+,25+/m1/s1. The van der Waals surface area contributed by atoms with Gasteiger partial charge in [-0.15, -0.1) is 0 Å². The van der Waals surface area contributed by atoms with Crippen LogP contribution in [0.15, 0.2) is 60.8 Å². The maximum atomic E-state index is 13.8. The zero-order valence-electron chi connectivity index (χ0n) is 22.1. The molecule has 2 aliphatic rings. The van der Waals surface area contributed by atoms with Gasteiger partial charge in [0.1, 0.15) is 23.1 Å². The Morgan fingerprint density at radius 3 is 2.21 bits per heavy atom. The first-order valence-electron chi connectivity index (χ1n) is 13.5. The molecule has 39 heavy (non-hydrogen) atoms. The number of piperazine rings is 1. The fourth-order valence-electron chi connectivity index (χ4n) is 6.07. The first kappa shape index (κ1) is 26.2. The Hall–Kier alpha value is -3.07. The molecule has 0 amide bonds. The summed E-state index contributed by atoms with van der Waals surface area (Å²) < 4.78 is 35.6. The number of halogens is 3. The summed E-state index contributed by atoms with van der Waals surface area (Å²) in [5, 5.41) is 1.20. The van der Waals surface area contributed by atoms with Gasteiger partial charge in [0.2, 0.25) is 5.28 Å². The van der Waals surface area contributed by atoms with E-state index in [1.165, 1.54) is 24.3 Å². The van der Waals surface area contributed by atoms with Crippen molar-refractivity contribution in [1.82, 2.24) is 19.4 Å². The predicted molar refractivity (Wildman–Crippen MR) is 149 cm³/mol. The number of hydrogen-bond donors (Lipinski definition) is 0. The molecule has 2 fully saturated rings. The lowest BCUT2D eigenvalue weighted by Gasteiger charge is -2.48. The van der Waals surface area contributed by atoms with Gasteiger partial charge in [-0.2, -0.15) is 9.97 Å². The third-order valence-electron chi connectivity index (χ3n) is 8.01. The highest BCUT2D eigenvalue weighted by Gasteiger charge is 2.36. The summed E-state index contributed by atoms with van der Waals surface area (Å²) >= 11 is 6.47. The van der Waals surface area contributed by atoms with E-state index in [1.807, 2.05) is 30.5 Å². The van der Waals surface area contributed by atoms with Crippen molar-refractivity contribution < 1.29 is 13.5 Å². The Balaban J connectivity index is 1.31. The second-order valence-electron chi connectivity index (χ2n) is 10.7. The third kappa shape index (κ3) is 5.25. The van der Waals surface area contributed by atoms with E-state index in [1.54, 1.807) is 0 Å². The molecule has 4 heterocycles. The summed E-state index contributed by atoms with van der Waals surface area (Å²) in [6, 6.07) is 15.3. The summed E-state index contributed by atoms with van der Waals surface area (Å²) in [4.78, 5) is 14.0. The van der Waals surface area contributed by atoms with Gasteiger partial charge in [0.15, 0.2) is 0 Å². The summed E-state index contributed by atoms with van der Waals surface area (Å²) in [6.45, 7) is 7.34. The van der Waals surface area contributed by atoms with E-state index in [0.717, 1.165) is 60.5 Å². The Morgan fingerprint density at radius 2 is 1.59 bits per heavy atom. The van der Waals surface area contributed by atoms with Crippen LogP contribution in [0.25, 0.3) is 11.0 Å². The lowest BCUT2D eigenvalue weighted by atomic mass is 9.93. The molecule has 6 nitrogen and oxygen atoms in total. The van der Waals surface area contributed by atoms with Crippen LogP contribution in [0, 0.1) is 11.6 Å². The molecule has 2 aliphatic heterocycles. The average Bonchev–Trinajstić information content (AvgIpc) is 3.58. The van der Waals surface area contributed by atoms with Gasteiger partial charge in [-0.3, -0.25) is 4.90 Å². The van der Waals surface area contributed by atoms with Gasteiger partial charge in [-0.05, 0) is 79.7 Å². The highest BCUT2D eigenvalue weighted by Crippen LogP contribution is 2.36. The molecule has 6 rings (SSSR count). The van der Waals surface area contributed by atoms with E-state index >= 15 is 0 Å². The Morgan fingerprint density at radius 1 is 0.923 bits per heavy atom. The van der Waals surface area contributed by atoms with Gasteiger partial charge in [0.05, 0.1) is 24.1 Å².